The molecule has 0 bridgehead atoms. The zero-order valence-corrected chi connectivity index (χ0v) is 9.20. The van der Waals surface area contributed by atoms with E-state index in [2.05, 4.69) is 24.1 Å². The third-order valence-electron chi connectivity index (χ3n) is 3.16. The van der Waals surface area contributed by atoms with Gasteiger partial charge >= 0.3 is 0 Å². The number of nitrogens with one attached hydrogen (secondary N) is 1. The summed E-state index contributed by atoms with van der Waals surface area (Å²) in [5.41, 5.74) is 0.907. The van der Waals surface area contributed by atoms with Gasteiger partial charge in [-0.15, -0.1) is 0 Å². The zero-order chi connectivity index (χ0) is 10.8. The van der Waals surface area contributed by atoms with Crippen molar-refractivity contribution in [2.24, 2.45) is 11.8 Å². The van der Waals surface area contributed by atoms with Crippen LogP contribution in [0.3, 0.4) is 0 Å². The Kier molecular flexibility index (Phi) is 3.00. The molecule has 0 aromatic carbocycles. The van der Waals surface area contributed by atoms with Crippen molar-refractivity contribution in [1.82, 2.24) is 10.3 Å². The van der Waals surface area contributed by atoms with Crippen molar-refractivity contribution in [3.05, 3.63) is 29.8 Å². The predicted octanol–water partition coefficient (Wildman–Crippen LogP) is 2.53. The van der Waals surface area contributed by atoms with Crippen molar-refractivity contribution >= 4 is 0 Å². The van der Waals surface area contributed by atoms with Gasteiger partial charge in [0.2, 0.25) is 0 Å². The second-order valence-electron chi connectivity index (χ2n) is 4.50. The largest absolute Gasteiger partial charge is 0.309 e. The molecule has 3 heteroatoms. The van der Waals surface area contributed by atoms with Gasteiger partial charge < -0.3 is 5.32 Å². The van der Waals surface area contributed by atoms with E-state index in [1.165, 1.54) is 18.7 Å². The van der Waals surface area contributed by atoms with E-state index in [9.17, 15) is 4.39 Å². The van der Waals surface area contributed by atoms with Crippen molar-refractivity contribution in [1.29, 1.82) is 0 Å². The maximum atomic E-state index is 12.6. The van der Waals surface area contributed by atoms with Gasteiger partial charge in [0.05, 0.1) is 11.9 Å². The van der Waals surface area contributed by atoms with Crippen LogP contribution in [0, 0.1) is 17.7 Å². The van der Waals surface area contributed by atoms with Crippen LogP contribution in [0.4, 0.5) is 4.39 Å². The van der Waals surface area contributed by atoms with Gasteiger partial charge in [-0.2, -0.15) is 0 Å². The number of hydrogen-bond acceptors (Lipinski definition) is 2. The van der Waals surface area contributed by atoms with Gasteiger partial charge in [-0.3, -0.25) is 4.98 Å². The quantitative estimate of drug-likeness (QED) is 0.822. The smallest absolute Gasteiger partial charge is 0.141 e. The van der Waals surface area contributed by atoms with E-state index in [1.54, 1.807) is 6.07 Å². The summed E-state index contributed by atoms with van der Waals surface area (Å²) in [5, 5.41) is 3.43. The van der Waals surface area contributed by atoms with Crippen molar-refractivity contribution in [3.63, 3.8) is 0 Å². The molecule has 0 aliphatic heterocycles. The summed E-state index contributed by atoms with van der Waals surface area (Å²) in [4.78, 5) is 4.06. The Morgan fingerprint density at radius 2 is 2.33 bits per heavy atom. The number of nitrogens with zero attached hydrogens (tertiary/aromatic N) is 1. The van der Waals surface area contributed by atoms with Gasteiger partial charge in [0.1, 0.15) is 5.82 Å². The van der Waals surface area contributed by atoms with Crippen molar-refractivity contribution < 1.29 is 4.39 Å². The van der Waals surface area contributed by atoms with Gasteiger partial charge in [-0.1, -0.05) is 6.92 Å². The molecule has 0 amide bonds. The van der Waals surface area contributed by atoms with Crippen LogP contribution in [0.5, 0.6) is 0 Å². The molecule has 0 saturated heterocycles. The second kappa shape index (κ2) is 4.27. The zero-order valence-electron chi connectivity index (χ0n) is 9.20. The maximum absolute atomic E-state index is 12.6. The Hall–Kier alpha value is -0.960. The van der Waals surface area contributed by atoms with Crippen LogP contribution in [0.2, 0.25) is 0 Å². The Labute approximate surface area is 89.9 Å². The molecule has 1 aliphatic carbocycles. The fourth-order valence-corrected chi connectivity index (χ4v) is 1.76. The summed E-state index contributed by atoms with van der Waals surface area (Å²) < 4.78 is 12.6. The number of hydrogen-bond donors (Lipinski definition) is 1. The molecular weight excluding hydrogens is 191 g/mol. The Bertz CT molecular complexity index is 323. The summed E-state index contributed by atoms with van der Waals surface area (Å²) in [7, 11) is 0. The minimum atomic E-state index is -0.276. The lowest BCUT2D eigenvalue weighted by Crippen LogP contribution is -2.22. The molecule has 0 radical (unpaired) electrons. The molecule has 3 atom stereocenters. The minimum Gasteiger partial charge on any atom is -0.309 e. The molecule has 1 heterocycles. The second-order valence-corrected chi connectivity index (χ2v) is 4.50. The highest BCUT2D eigenvalue weighted by Crippen LogP contribution is 2.37. The minimum absolute atomic E-state index is 0.207. The van der Waals surface area contributed by atoms with Crippen molar-refractivity contribution in [2.45, 2.75) is 26.3 Å². The fraction of sp³-hybridized carbons (Fsp3) is 0.583. The van der Waals surface area contributed by atoms with Crippen LogP contribution in [-0.4, -0.2) is 11.5 Å². The molecule has 82 valence electrons. The monoisotopic (exact) mass is 208 g/mol. The average molecular weight is 208 g/mol. The first-order valence-electron chi connectivity index (χ1n) is 5.51. The standard InChI is InChI=1S/C12H17FN2/c1-8-5-10(8)6-14-9(2)12-4-3-11(13)7-15-12/h3-4,7-10,14H,5-6H2,1-2H3. The van der Waals surface area contributed by atoms with Crippen LogP contribution in [0.15, 0.2) is 18.3 Å². The highest BCUT2D eigenvalue weighted by atomic mass is 19.1. The molecule has 3 unspecified atom stereocenters. The SMILES string of the molecule is CC(NCC1CC1C)c1ccc(F)cn1. The lowest BCUT2D eigenvalue weighted by molar-refractivity contribution is 0.523. The van der Waals surface area contributed by atoms with E-state index >= 15 is 0 Å². The van der Waals surface area contributed by atoms with Gasteiger partial charge in [-0.05, 0) is 43.9 Å². The summed E-state index contributed by atoms with van der Waals surface area (Å²) in [5.74, 6) is 1.42. The molecule has 1 fully saturated rings. The molecule has 15 heavy (non-hydrogen) atoms. The molecule has 1 N–H and O–H groups in total. The van der Waals surface area contributed by atoms with E-state index in [4.69, 9.17) is 0 Å². The first-order chi connectivity index (χ1) is 7.16. The van der Waals surface area contributed by atoms with Crippen LogP contribution < -0.4 is 5.32 Å². The lowest BCUT2D eigenvalue weighted by atomic mass is 10.2. The predicted molar refractivity (Wildman–Crippen MR) is 57.9 cm³/mol. The van der Waals surface area contributed by atoms with E-state index in [0.717, 1.165) is 24.1 Å². The first-order valence-corrected chi connectivity index (χ1v) is 5.51. The third-order valence-corrected chi connectivity index (χ3v) is 3.16. The number of halogens is 1. The number of pyridine rings is 1. The van der Waals surface area contributed by atoms with Crippen molar-refractivity contribution in [3.8, 4) is 0 Å². The molecule has 2 rings (SSSR count). The Morgan fingerprint density at radius 3 is 2.87 bits per heavy atom. The molecule has 2 nitrogen and oxygen atoms in total. The van der Waals surface area contributed by atoms with E-state index in [-0.39, 0.29) is 11.9 Å². The number of aromatic nitrogens is 1. The molecule has 1 aromatic rings. The van der Waals surface area contributed by atoms with E-state index in [0.29, 0.717) is 0 Å². The summed E-state index contributed by atoms with van der Waals surface area (Å²) in [6, 6.07) is 3.40. The number of rotatable bonds is 4. The average Bonchev–Trinajstić information content (AvgIpc) is 2.92. The first kappa shape index (κ1) is 10.6. The maximum Gasteiger partial charge on any atom is 0.141 e. The molecule has 1 aromatic heterocycles. The summed E-state index contributed by atoms with van der Waals surface area (Å²) in [6.07, 6.45) is 2.60. The van der Waals surface area contributed by atoms with Crippen LogP contribution in [0.1, 0.15) is 32.0 Å². The molecule has 1 saturated carbocycles. The van der Waals surface area contributed by atoms with Gasteiger partial charge in [-0.25, -0.2) is 4.39 Å². The Morgan fingerprint density at radius 1 is 1.60 bits per heavy atom. The summed E-state index contributed by atoms with van der Waals surface area (Å²) >= 11 is 0. The van der Waals surface area contributed by atoms with E-state index < -0.39 is 0 Å². The lowest BCUT2D eigenvalue weighted by Gasteiger charge is -2.12. The highest BCUT2D eigenvalue weighted by Gasteiger charge is 2.32. The van der Waals surface area contributed by atoms with Crippen LogP contribution >= 0.6 is 0 Å². The van der Waals surface area contributed by atoms with Crippen LogP contribution in [0.25, 0.3) is 0 Å². The van der Waals surface area contributed by atoms with Crippen LogP contribution in [-0.2, 0) is 0 Å². The normalized spacial score (nSPS) is 26.3. The molecule has 1 aliphatic rings. The van der Waals surface area contributed by atoms with Gasteiger partial charge in [0.25, 0.3) is 0 Å². The Balaban J connectivity index is 1.84. The summed E-state index contributed by atoms with van der Waals surface area (Å²) in [6.45, 7) is 5.38. The van der Waals surface area contributed by atoms with Gasteiger partial charge in [0.15, 0.2) is 0 Å². The van der Waals surface area contributed by atoms with Gasteiger partial charge in [0, 0.05) is 6.04 Å². The topological polar surface area (TPSA) is 24.9 Å². The van der Waals surface area contributed by atoms with Crippen molar-refractivity contribution in [2.75, 3.05) is 6.54 Å². The third kappa shape index (κ3) is 2.75. The molecule has 0 spiro atoms. The van der Waals surface area contributed by atoms with E-state index in [1.807, 2.05) is 0 Å². The highest BCUT2D eigenvalue weighted by molar-refractivity contribution is 5.09. The fourth-order valence-electron chi connectivity index (χ4n) is 1.76. The molecular formula is C12H17FN2.